The summed E-state index contributed by atoms with van der Waals surface area (Å²) in [5, 5.41) is 16.7. The van der Waals surface area contributed by atoms with E-state index in [0.29, 0.717) is 24.1 Å². The van der Waals surface area contributed by atoms with Crippen LogP contribution in [0.15, 0.2) is 36.7 Å². The van der Waals surface area contributed by atoms with Crippen molar-refractivity contribution < 1.29 is 33.8 Å². The number of ether oxygens (including phenoxy) is 1. The van der Waals surface area contributed by atoms with Gasteiger partial charge in [-0.15, -0.1) is 0 Å². The van der Waals surface area contributed by atoms with Gasteiger partial charge in [0.2, 0.25) is 17.7 Å². The Kier molecular flexibility index (Phi) is 14.3. The van der Waals surface area contributed by atoms with Crippen LogP contribution in [0.3, 0.4) is 0 Å². The molecule has 43 heavy (non-hydrogen) atoms. The SMILES string of the molecule is CC(C)C(=O)OCc1ccc(NC(=O)[C@H](CCC(=O)O)NC(=O)CNC(=O)CCCC#Cc2cnc(C(C)C)nc2)cc1. The van der Waals surface area contributed by atoms with Crippen molar-refractivity contribution in [1.82, 2.24) is 20.6 Å². The monoisotopic (exact) mass is 593 g/mol. The molecule has 2 aromatic rings. The number of amides is 3. The third-order valence-corrected chi connectivity index (χ3v) is 5.95. The molecule has 0 fully saturated rings. The van der Waals surface area contributed by atoms with Gasteiger partial charge in [-0.05, 0) is 30.5 Å². The number of aromatic nitrogens is 2. The predicted molar refractivity (Wildman–Crippen MR) is 158 cm³/mol. The van der Waals surface area contributed by atoms with Gasteiger partial charge in [-0.1, -0.05) is 51.7 Å². The average molecular weight is 594 g/mol. The highest BCUT2D eigenvalue weighted by molar-refractivity contribution is 5.98. The molecule has 2 rings (SSSR count). The predicted octanol–water partition coefficient (Wildman–Crippen LogP) is 2.93. The Morgan fingerprint density at radius 2 is 1.63 bits per heavy atom. The number of benzene rings is 1. The molecule has 0 bridgehead atoms. The minimum Gasteiger partial charge on any atom is -0.481 e. The number of nitrogens with one attached hydrogen (secondary N) is 3. The molecule has 0 spiro atoms. The maximum atomic E-state index is 12.8. The molecule has 3 amide bonds. The normalized spacial score (nSPS) is 11.2. The van der Waals surface area contributed by atoms with Crippen molar-refractivity contribution in [3.63, 3.8) is 0 Å². The van der Waals surface area contributed by atoms with E-state index in [1.165, 1.54) is 0 Å². The highest BCUT2D eigenvalue weighted by Gasteiger charge is 2.22. The molecule has 0 saturated heterocycles. The van der Waals surface area contributed by atoms with Crippen LogP contribution in [0.1, 0.15) is 82.7 Å². The first-order valence-corrected chi connectivity index (χ1v) is 14.1. The second kappa shape index (κ2) is 17.9. The number of hydrogen-bond donors (Lipinski definition) is 4. The third-order valence-electron chi connectivity index (χ3n) is 5.95. The number of anilines is 1. The summed E-state index contributed by atoms with van der Waals surface area (Å²) in [6.45, 7) is 7.19. The molecule has 0 aliphatic heterocycles. The lowest BCUT2D eigenvalue weighted by atomic mass is 10.1. The zero-order chi connectivity index (χ0) is 31.8. The largest absolute Gasteiger partial charge is 0.481 e. The number of carboxylic acid groups (broad SMARTS) is 1. The van der Waals surface area contributed by atoms with Crippen LogP contribution in [-0.2, 0) is 35.3 Å². The first-order chi connectivity index (χ1) is 20.4. The molecule has 0 aliphatic rings. The summed E-state index contributed by atoms with van der Waals surface area (Å²) in [4.78, 5) is 68.7. The second-order valence-corrected chi connectivity index (χ2v) is 10.4. The highest BCUT2D eigenvalue weighted by Crippen LogP contribution is 2.13. The average Bonchev–Trinajstić information content (AvgIpc) is 2.97. The summed E-state index contributed by atoms with van der Waals surface area (Å²) in [6.07, 6.45) is 3.93. The van der Waals surface area contributed by atoms with Crippen molar-refractivity contribution in [2.24, 2.45) is 5.92 Å². The molecular weight excluding hydrogens is 554 g/mol. The molecule has 0 aliphatic carbocycles. The van der Waals surface area contributed by atoms with Crippen molar-refractivity contribution in [3.8, 4) is 11.8 Å². The molecule has 0 saturated carbocycles. The van der Waals surface area contributed by atoms with E-state index in [4.69, 9.17) is 9.84 Å². The van der Waals surface area contributed by atoms with E-state index in [1.54, 1.807) is 50.5 Å². The van der Waals surface area contributed by atoms with Gasteiger partial charge < -0.3 is 25.8 Å². The number of carbonyl (C=O) groups excluding carboxylic acids is 4. The van der Waals surface area contributed by atoms with Crippen LogP contribution in [-0.4, -0.2) is 57.3 Å². The maximum Gasteiger partial charge on any atom is 0.308 e. The minimum atomic E-state index is -1.14. The van der Waals surface area contributed by atoms with Crippen LogP contribution in [0.4, 0.5) is 5.69 Å². The van der Waals surface area contributed by atoms with Crippen molar-refractivity contribution in [3.05, 3.63) is 53.6 Å². The van der Waals surface area contributed by atoms with Crippen LogP contribution in [0, 0.1) is 17.8 Å². The molecule has 230 valence electrons. The molecule has 4 N–H and O–H groups in total. The fraction of sp³-hybridized carbons (Fsp3) is 0.452. The number of unbranched alkanes of at least 4 members (excludes halogenated alkanes) is 1. The maximum absolute atomic E-state index is 12.8. The van der Waals surface area contributed by atoms with Gasteiger partial charge >= 0.3 is 11.9 Å². The molecule has 1 heterocycles. The van der Waals surface area contributed by atoms with E-state index < -0.39 is 23.8 Å². The van der Waals surface area contributed by atoms with E-state index in [2.05, 4.69) is 37.8 Å². The van der Waals surface area contributed by atoms with Gasteiger partial charge in [0, 0.05) is 43.3 Å². The Bertz CT molecular complexity index is 1310. The zero-order valence-electron chi connectivity index (χ0n) is 24.9. The number of carbonyl (C=O) groups is 5. The van der Waals surface area contributed by atoms with Crippen molar-refractivity contribution in [2.45, 2.75) is 78.4 Å². The first-order valence-electron chi connectivity index (χ1n) is 14.1. The minimum absolute atomic E-state index is 0.0873. The fourth-order valence-corrected chi connectivity index (χ4v) is 3.49. The topological polar surface area (TPSA) is 177 Å². The van der Waals surface area contributed by atoms with E-state index in [0.717, 1.165) is 11.4 Å². The Morgan fingerprint density at radius 3 is 2.23 bits per heavy atom. The number of esters is 1. The van der Waals surface area contributed by atoms with Gasteiger partial charge in [0.1, 0.15) is 18.5 Å². The van der Waals surface area contributed by atoms with Gasteiger partial charge in [-0.3, -0.25) is 24.0 Å². The highest BCUT2D eigenvalue weighted by atomic mass is 16.5. The molecule has 12 heteroatoms. The van der Waals surface area contributed by atoms with Gasteiger partial charge in [0.15, 0.2) is 0 Å². The second-order valence-electron chi connectivity index (χ2n) is 10.4. The number of carboxylic acids is 1. The number of hydrogen-bond acceptors (Lipinski definition) is 8. The summed E-state index contributed by atoms with van der Waals surface area (Å²) in [5.74, 6) is 3.61. The Morgan fingerprint density at radius 1 is 0.953 bits per heavy atom. The fourth-order valence-electron chi connectivity index (χ4n) is 3.49. The number of rotatable bonds is 15. The molecule has 12 nitrogen and oxygen atoms in total. The van der Waals surface area contributed by atoms with Crippen LogP contribution in [0.2, 0.25) is 0 Å². The van der Waals surface area contributed by atoms with Gasteiger partial charge in [0.25, 0.3) is 0 Å². The van der Waals surface area contributed by atoms with Crippen molar-refractivity contribution in [2.75, 3.05) is 11.9 Å². The van der Waals surface area contributed by atoms with Gasteiger partial charge in [-0.2, -0.15) is 0 Å². The smallest absolute Gasteiger partial charge is 0.308 e. The Labute approximate surface area is 251 Å². The molecule has 0 radical (unpaired) electrons. The first kappa shape index (κ1) is 34.4. The molecule has 1 atom stereocenters. The zero-order valence-corrected chi connectivity index (χ0v) is 24.9. The van der Waals surface area contributed by atoms with Crippen LogP contribution < -0.4 is 16.0 Å². The lowest BCUT2D eigenvalue weighted by Gasteiger charge is -2.18. The Balaban J connectivity index is 1.79. The van der Waals surface area contributed by atoms with Crippen molar-refractivity contribution in [1.29, 1.82) is 0 Å². The molecule has 1 aromatic carbocycles. The van der Waals surface area contributed by atoms with Gasteiger partial charge in [-0.25, -0.2) is 9.97 Å². The van der Waals surface area contributed by atoms with Crippen molar-refractivity contribution >= 4 is 35.3 Å². The van der Waals surface area contributed by atoms with E-state index in [9.17, 15) is 24.0 Å². The molecular formula is C31H39N5O7. The number of nitrogens with zero attached hydrogens (tertiary/aromatic N) is 2. The summed E-state index contributed by atoms with van der Waals surface area (Å²) in [5.41, 5.74) is 1.82. The quantitative estimate of drug-likeness (QED) is 0.137. The summed E-state index contributed by atoms with van der Waals surface area (Å²) < 4.78 is 5.18. The summed E-state index contributed by atoms with van der Waals surface area (Å²) >= 11 is 0. The van der Waals surface area contributed by atoms with E-state index in [1.807, 2.05) is 13.8 Å². The van der Waals surface area contributed by atoms with Crippen LogP contribution in [0.5, 0.6) is 0 Å². The standard InChI is InChI=1S/C31H39N5O7/c1-20(2)29-33-16-23(17-34-29)8-6-5-7-9-26(37)32-18-27(38)36-25(14-15-28(39)40)30(41)35-24-12-10-22(11-13-24)19-43-31(42)21(3)4/h10-13,16-17,20-21,25H,5,7,9,14-15,18-19H2,1-4H3,(H,32,37)(H,35,41)(H,36,38)(H,39,40)/t25-/m0/s1. The summed E-state index contributed by atoms with van der Waals surface area (Å²) in [6, 6.07) is 5.42. The number of aliphatic carboxylic acids is 1. The van der Waals surface area contributed by atoms with E-state index >= 15 is 0 Å². The summed E-state index contributed by atoms with van der Waals surface area (Å²) in [7, 11) is 0. The van der Waals surface area contributed by atoms with Gasteiger partial charge in [0.05, 0.1) is 18.0 Å². The third kappa shape index (κ3) is 13.6. The van der Waals surface area contributed by atoms with Crippen LogP contribution >= 0.6 is 0 Å². The molecule has 1 aromatic heterocycles. The van der Waals surface area contributed by atoms with E-state index in [-0.39, 0.29) is 56.1 Å². The lowest BCUT2D eigenvalue weighted by Crippen LogP contribution is -2.47. The lowest BCUT2D eigenvalue weighted by molar-refractivity contribution is -0.148. The molecule has 0 unspecified atom stereocenters. The Hall–Kier alpha value is -4.79. The van der Waals surface area contributed by atoms with Crippen LogP contribution in [0.25, 0.3) is 0 Å².